The molecule has 194 valence electrons. The lowest BCUT2D eigenvalue weighted by molar-refractivity contribution is -0.125. The van der Waals surface area contributed by atoms with Crippen molar-refractivity contribution in [1.29, 1.82) is 0 Å². The number of rotatable bonds is 10. The summed E-state index contributed by atoms with van der Waals surface area (Å²) in [5, 5.41) is 11.0. The molecule has 1 N–H and O–H groups in total. The third-order valence-electron chi connectivity index (χ3n) is 6.36. The maximum absolute atomic E-state index is 13.2. The second kappa shape index (κ2) is 12.3. The van der Waals surface area contributed by atoms with Crippen molar-refractivity contribution >= 4 is 18.0 Å². The average Bonchev–Trinajstić information content (AvgIpc) is 3.58. The van der Waals surface area contributed by atoms with Gasteiger partial charge in [-0.15, -0.1) is 5.10 Å². The highest BCUT2D eigenvalue weighted by Crippen LogP contribution is 2.27. The van der Waals surface area contributed by atoms with Gasteiger partial charge in [-0.05, 0) is 48.2 Å². The number of aromatic nitrogens is 3. The molecule has 1 aromatic heterocycles. The van der Waals surface area contributed by atoms with Crippen LogP contribution in [0.4, 0.5) is 4.39 Å². The SMILES string of the molecule is COC(=O)c1cn([C@H]2C[C@@H](C(=O)NCCc3ccc(F)cc3)N(CC=Cc3ccc(OC)cc3)C2)nn1. The minimum Gasteiger partial charge on any atom is -0.497 e. The number of nitrogens with one attached hydrogen (secondary N) is 1. The summed E-state index contributed by atoms with van der Waals surface area (Å²) in [6, 6.07) is 13.5. The minimum absolute atomic E-state index is 0.0873. The fourth-order valence-electron chi connectivity index (χ4n) is 4.34. The van der Waals surface area contributed by atoms with Gasteiger partial charge in [-0.3, -0.25) is 9.69 Å². The first-order chi connectivity index (χ1) is 18.0. The molecule has 10 heteroatoms. The van der Waals surface area contributed by atoms with Gasteiger partial charge in [0.25, 0.3) is 0 Å². The van der Waals surface area contributed by atoms with Crippen molar-refractivity contribution in [2.75, 3.05) is 33.9 Å². The summed E-state index contributed by atoms with van der Waals surface area (Å²) in [6.45, 7) is 1.56. The molecule has 0 spiro atoms. The Morgan fingerprint density at radius 1 is 1.14 bits per heavy atom. The molecule has 0 radical (unpaired) electrons. The van der Waals surface area contributed by atoms with Crippen molar-refractivity contribution < 1.29 is 23.5 Å². The van der Waals surface area contributed by atoms with Gasteiger partial charge in [0.2, 0.25) is 5.91 Å². The number of nitrogens with zero attached hydrogens (tertiary/aromatic N) is 4. The van der Waals surface area contributed by atoms with Crippen molar-refractivity contribution in [2.24, 2.45) is 0 Å². The van der Waals surface area contributed by atoms with Crippen molar-refractivity contribution in [3.05, 3.63) is 83.4 Å². The van der Waals surface area contributed by atoms with E-state index in [0.29, 0.717) is 32.5 Å². The van der Waals surface area contributed by atoms with Gasteiger partial charge in [-0.2, -0.15) is 0 Å². The van der Waals surface area contributed by atoms with Crippen molar-refractivity contribution in [2.45, 2.75) is 24.9 Å². The molecule has 1 saturated heterocycles. The van der Waals surface area contributed by atoms with Crippen LogP contribution < -0.4 is 10.1 Å². The molecule has 0 aliphatic carbocycles. The van der Waals surface area contributed by atoms with Gasteiger partial charge >= 0.3 is 5.97 Å². The zero-order valence-corrected chi connectivity index (χ0v) is 20.8. The molecule has 0 unspecified atom stereocenters. The molecule has 1 aliphatic rings. The molecule has 1 fully saturated rings. The highest BCUT2D eigenvalue weighted by molar-refractivity contribution is 5.86. The summed E-state index contributed by atoms with van der Waals surface area (Å²) < 4.78 is 24.7. The first-order valence-corrected chi connectivity index (χ1v) is 12.0. The van der Waals surface area contributed by atoms with E-state index in [1.165, 1.54) is 19.2 Å². The molecular weight excluding hydrogens is 477 g/mol. The number of esters is 1. The molecule has 2 heterocycles. The van der Waals surface area contributed by atoms with E-state index in [-0.39, 0.29) is 29.5 Å². The van der Waals surface area contributed by atoms with E-state index in [4.69, 9.17) is 9.47 Å². The summed E-state index contributed by atoms with van der Waals surface area (Å²) in [7, 11) is 2.92. The Morgan fingerprint density at radius 3 is 2.59 bits per heavy atom. The summed E-state index contributed by atoms with van der Waals surface area (Å²) >= 11 is 0. The van der Waals surface area contributed by atoms with E-state index in [1.807, 2.05) is 36.4 Å². The van der Waals surface area contributed by atoms with Crippen molar-refractivity contribution in [3.8, 4) is 5.75 Å². The van der Waals surface area contributed by atoms with Gasteiger partial charge in [-0.25, -0.2) is 13.9 Å². The number of hydrogen-bond donors (Lipinski definition) is 1. The minimum atomic E-state index is -0.557. The van der Waals surface area contributed by atoms with E-state index in [0.717, 1.165) is 16.9 Å². The van der Waals surface area contributed by atoms with Crippen LogP contribution in [0.1, 0.15) is 34.1 Å². The Balaban J connectivity index is 1.42. The second-order valence-corrected chi connectivity index (χ2v) is 8.78. The van der Waals surface area contributed by atoms with E-state index < -0.39 is 5.97 Å². The first kappa shape index (κ1) is 26.0. The number of amides is 1. The topological polar surface area (TPSA) is 98.6 Å². The van der Waals surface area contributed by atoms with Crippen LogP contribution in [0.3, 0.4) is 0 Å². The summed E-state index contributed by atoms with van der Waals surface area (Å²) in [5.41, 5.74) is 2.10. The molecule has 1 aliphatic heterocycles. The predicted molar refractivity (Wildman–Crippen MR) is 136 cm³/mol. The number of methoxy groups -OCH3 is 2. The Hall–Kier alpha value is -4.05. The van der Waals surface area contributed by atoms with Gasteiger partial charge in [0.1, 0.15) is 11.6 Å². The maximum atomic E-state index is 13.2. The monoisotopic (exact) mass is 507 g/mol. The largest absolute Gasteiger partial charge is 0.497 e. The summed E-state index contributed by atoms with van der Waals surface area (Å²) in [5.74, 6) is -0.142. The molecule has 9 nitrogen and oxygen atoms in total. The lowest BCUT2D eigenvalue weighted by Gasteiger charge is -2.22. The second-order valence-electron chi connectivity index (χ2n) is 8.78. The maximum Gasteiger partial charge on any atom is 0.360 e. The number of likely N-dealkylation sites (tertiary alicyclic amines) is 1. The smallest absolute Gasteiger partial charge is 0.360 e. The molecule has 0 saturated carbocycles. The van der Waals surface area contributed by atoms with Crippen LogP contribution in [0.25, 0.3) is 6.08 Å². The van der Waals surface area contributed by atoms with Gasteiger partial charge in [0.05, 0.1) is 32.5 Å². The van der Waals surface area contributed by atoms with E-state index in [1.54, 1.807) is 30.1 Å². The standard InChI is InChI=1S/C27H30FN5O4/c1-36-23-11-7-19(8-12-23)4-3-15-32-17-22(33-18-24(30-31-33)27(35)37-2)16-25(32)26(34)29-14-13-20-5-9-21(28)10-6-20/h3-12,18,22,25H,13-17H2,1-2H3,(H,29,34)/t22-,25-/m0/s1. The van der Waals surface area contributed by atoms with Crippen LogP contribution in [0.2, 0.25) is 0 Å². The lowest BCUT2D eigenvalue weighted by Crippen LogP contribution is -2.43. The molecular formula is C27H30FN5O4. The number of carbonyl (C=O) groups excluding carboxylic acids is 2. The molecule has 2 aromatic carbocycles. The fourth-order valence-corrected chi connectivity index (χ4v) is 4.34. The number of halogens is 1. The first-order valence-electron chi connectivity index (χ1n) is 12.0. The van der Waals surface area contributed by atoms with Crippen LogP contribution in [0.15, 0.2) is 60.8 Å². The molecule has 2 atom stereocenters. The van der Waals surface area contributed by atoms with Gasteiger partial charge in [-0.1, -0.05) is 41.6 Å². The third kappa shape index (κ3) is 6.79. The fraction of sp³-hybridized carbons (Fsp3) is 0.333. The average molecular weight is 508 g/mol. The number of ether oxygens (including phenoxy) is 2. The van der Waals surface area contributed by atoms with E-state index >= 15 is 0 Å². The Labute approximate surface area is 214 Å². The predicted octanol–water partition coefficient (Wildman–Crippen LogP) is 2.90. The Bertz CT molecular complexity index is 1230. The van der Waals surface area contributed by atoms with E-state index in [2.05, 4.69) is 20.5 Å². The van der Waals surface area contributed by atoms with Crippen LogP contribution in [-0.4, -0.2) is 71.7 Å². The number of hydrogen-bond acceptors (Lipinski definition) is 7. The Kier molecular flexibility index (Phi) is 8.63. The normalized spacial score (nSPS) is 17.7. The summed E-state index contributed by atoms with van der Waals surface area (Å²) in [4.78, 5) is 27.0. The van der Waals surface area contributed by atoms with Crippen LogP contribution >= 0.6 is 0 Å². The highest BCUT2D eigenvalue weighted by Gasteiger charge is 2.37. The third-order valence-corrected chi connectivity index (χ3v) is 6.36. The van der Waals surface area contributed by atoms with Crippen molar-refractivity contribution in [3.63, 3.8) is 0 Å². The summed E-state index contributed by atoms with van der Waals surface area (Å²) in [6.07, 6.45) is 6.69. The van der Waals surface area contributed by atoms with Gasteiger partial charge in [0, 0.05) is 19.6 Å². The molecule has 1 amide bonds. The van der Waals surface area contributed by atoms with Crippen molar-refractivity contribution in [1.82, 2.24) is 25.2 Å². The van der Waals surface area contributed by atoms with Crippen LogP contribution in [-0.2, 0) is 16.0 Å². The van der Waals surface area contributed by atoms with Crippen LogP contribution in [0.5, 0.6) is 5.75 Å². The lowest BCUT2D eigenvalue weighted by atomic mass is 10.1. The molecule has 0 bridgehead atoms. The van der Waals surface area contributed by atoms with Crippen LogP contribution in [0, 0.1) is 5.82 Å². The number of carbonyl (C=O) groups is 2. The quantitative estimate of drug-likeness (QED) is 0.422. The zero-order chi connectivity index (χ0) is 26.2. The Morgan fingerprint density at radius 2 is 1.89 bits per heavy atom. The van der Waals surface area contributed by atoms with Gasteiger partial charge in [0.15, 0.2) is 5.69 Å². The molecule has 4 rings (SSSR count). The zero-order valence-electron chi connectivity index (χ0n) is 20.8. The van der Waals surface area contributed by atoms with E-state index in [9.17, 15) is 14.0 Å². The number of benzene rings is 2. The molecule has 3 aromatic rings. The molecule has 37 heavy (non-hydrogen) atoms. The highest BCUT2D eigenvalue weighted by atomic mass is 19.1. The van der Waals surface area contributed by atoms with Gasteiger partial charge < -0.3 is 14.8 Å².